The van der Waals surface area contributed by atoms with Gasteiger partial charge in [0.2, 0.25) is 5.91 Å². The Balaban J connectivity index is 1.56. The summed E-state index contributed by atoms with van der Waals surface area (Å²) in [5, 5.41) is 8.07. The number of nitrogens with zero attached hydrogens (tertiary/aromatic N) is 3. The molecular formula is C17H26N4O. The van der Waals surface area contributed by atoms with E-state index in [-0.39, 0.29) is 5.92 Å². The molecule has 1 amide bonds. The number of hydrogen-bond donors (Lipinski definition) is 1. The summed E-state index contributed by atoms with van der Waals surface area (Å²) in [4.78, 5) is 14.8. The summed E-state index contributed by atoms with van der Waals surface area (Å²) in [7, 11) is 0. The molecule has 0 radical (unpaired) electrons. The standard InChI is InChI=1S/C17H26N4O/c18-16-9-8-15(19-20-16)11-13-5-4-10-21(12-13)17(22)14-6-2-1-3-7-14/h8-9,13-14H,1-7,10-12H2,(H2,18,20). The van der Waals surface area contributed by atoms with Crippen LogP contribution in [0.1, 0.15) is 50.6 Å². The molecule has 3 rings (SSSR count). The summed E-state index contributed by atoms with van der Waals surface area (Å²) >= 11 is 0. The lowest BCUT2D eigenvalue weighted by Crippen LogP contribution is -2.44. The summed E-state index contributed by atoms with van der Waals surface area (Å²) in [6.45, 7) is 1.81. The number of likely N-dealkylation sites (tertiary alicyclic amines) is 1. The number of anilines is 1. The summed E-state index contributed by atoms with van der Waals surface area (Å²) in [6, 6.07) is 3.75. The highest BCUT2D eigenvalue weighted by molar-refractivity contribution is 5.79. The van der Waals surface area contributed by atoms with Crippen LogP contribution in [0.15, 0.2) is 12.1 Å². The van der Waals surface area contributed by atoms with Crippen molar-refractivity contribution in [2.24, 2.45) is 11.8 Å². The topological polar surface area (TPSA) is 72.1 Å². The number of hydrogen-bond acceptors (Lipinski definition) is 4. The first-order chi connectivity index (χ1) is 10.7. The van der Waals surface area contributed by atoms with Gasteiger partial charge in [-0.25, -0.2) is 0 Å². The summed E-state index contributed by atoms with van der Waals surface area (Å²) < 4.78 is 0. The van der Waals surface area contributed by atoms with Crippen LogP contribution in [0.4, 0.5) is 5.82 Å². The van der Waals surface area contributed by atoms with Crippen LogP contribution in [0, 0.1) is 11.8 Å². The number of carbonyl (C=O) groups excluding carboxylic acids is 1. The van der Waals surface area contributed by atoms with Crippen molar-refractivity contribution in [3.05, 3.63) is 17.8 Å². The molecule has 1 saturated carbocycles. The minimum absolute atomic E-state index is 0.281. The zero-order valence-electron chi connectivity index (χ0n) is 13.2. The molecule has 1 atom stereocenters. The van der Waals surface area contributed by atoms with Gasteiger partial charge in [0, 0.05) is 19.0 Å². The molecule has 1 aromatic heterocycles. The summed E-state index contributed by atoms with van der Waals surface area (Å²) in [6.07, 6.45) is 9.06. The second-order valence-corrected chi connectivity index (χ2v) is 6.78. The molecule has 1 unspecified atom stereocenters. The molecule has 1 saturated heterocycles. The van der Waals surface area contributed by atoms with Gasteiger partial charge in [-0.3, -0.25) is 4.79 Å². The third kappa shape index (κ3) is 3.76. The smallest absolute Gasteiger partial charge is 0.225 e. The van der Waals surface area contributed by atoms with E-state index >= 15 is 0 Å². The highest BCUT2D eigenvalue weighted by atomic mass is 16.2. The van der Waals surface area contributed by atoms with Gasteiger partial charge in [0.25, 0.3) is 0 Å². The lowest BCUT2D eigenvalue weighted by molar-refractivity contribution is -0.138. The zero-order chi connectivity index (χ0) is 15.4. The van der Waals surface area contributed by atoms with Gasteiger partial charge in [0.05, 0.1) is 5.69 Å². The van der Waals surface area contributed by atoms with Crippen molar-refractivity contribution >= 4 is 11.7 Å². The number of nitrogens with two attached hydrogens (primary N) is 1. The lowest BCUT2D eigenvalue weighted by atomic mass is 9.86. The Hall–Kier alpha value is -1.65. The number of carbonyl (C=O) groups is 1. The minimum atomic E-state index is 0.281. The van der Waals surface area contributed by atoms with Crippen LogP contribution in [-0.4, -0.2) is 34.1 Å². The van der Waals surface area contributed by atoms with Crippen molar-refractivity contribution < 1.29 is 4.79 Å². The quantitative estimate of drug-likeness (QED) is 0.930. The third-order valence-corrected chi connectivity index (χ3v) is 5.02. The zero-order valence-corrected chi connectivity index (χ0v) is 13.2. The van der Waals surface area contributed by atoms with Crippen LogP contribution >= 0.6 is 0 Å². The van der Waals surface area contributed by atoms with E-state index in [2.05, 4.69) is 15.1 Å². The fourth-order valence-electron chi connectivity index (χ4n) is 3.81. The molecule has 1 aliphatic carbocycles. The van der Waals surface area contributed by atoms with Crippen molar-refractivity contribution in [2.75, 3.05) is 18.8 Å². The molecule has 0 spiro atoms. The van der Waals surface area contributed by atoms with Crippen LogP contribution in [0.2, 0.25) is 0 Å². The van der Waals surface area contributed by atoms with Crippen LogP contribution in [-0.2, 0) is 11.2 Å². The van der Waals surface area contributed by atoms with E-state index in [1.165, 1.54) is 25.7 Å². The number of aromatic nitrogens is 2. The van der Waals surface area contributed by atoms with Crippen molar-refractivity contribution in [2.45, 2.75) is 51.4 Å². The van der Waals surface area contributed by atoms with Gasteiger partial charge in [-0.05, 0) is 50.2 Å². The molecule has 2 N–H and O–H groups in total. The molecule has 2 aliphatic rings. The monoisotopic (exact) mass is 302 g/mol. The molecule has 22 heavy (non-hydrogen) atoms. The van der Waals surface area contributed by atoms with Gasteiger partial charge in [0.15, 0.2) is 0 Å². The fourth-order valence-corrected chi connectivity index (χ4v) is 3.81. The molecule has 5 heteroatoms. The SMILES string of the molecule is Nc1ccc(CC2CCCN(C(=O)C3CCCCC3)C2)nn1. The van der Waals surface area contributed by atoms with Crippen LogP contribution < -0.4 is 5.73 Å². The lowest BCUT2D eigenvalue weighted by Gasteiger charge is -2.35. The molecule has 2 heterocycles. The molecule has 2 fully saturated rings. The maximum Gasteiger partial charge on any atom is 0.225 e. The average molecular weight is 302 g/mol. The van der Waals surface area contributed by atoms with Crippen LogP contribution in [0.25, 0.3) is 0 Å². The fraction of sp³-hybridized carbons (Fsp3) is 0.706. The van der Waals surface area contributed by atoms with Gasteiger partial charge in [-0.2, -0.15) is 5.10 Å². The number of nitrogen functional groups attached to an aromatic ring is 1. The van der Waals surface area contributed by atoms with Gasteiger partial charge in [0.1, 0.15) is 5.82 Å². The average Bonchev–Trinajstić information content (AvgIpc) is 2.57. The Kier molecular flexibility index (Phi) is 4.90. The van der Waals surface area contributed by atoms with Gasteiger partial charge < -0.3 is 10.6 Å². The third-order valence-electron chi connectivity index (χ3n) is 5.02. The van der Waals surface area contributed by atoms with Gasteiger partial charge >= 0.3 is 0 Å². The largest absolute Gasteiger partial charge is 0.382 e. The molecule has 0 aromatic carbocycles. The first-order valence-corrected chi connectivity index (χ1v) is 8.59. The van der Waals surface area contributed by atoms with Crippen LogP contribution in [0.5, 0.6) is 0 Å². The Morgan fingerprint density at radius 3 is 2.68 bits per heavy atom. The van der Waals surface area contributed by atoms with E-state index in [1.807, 2.05) is 6.07 Å². The second-order valence-electron chi connectivity index (χ2n) is 6.78. The number of rotatable bonds is 3. The van der Waals surface area contributed by atoms with E-state index in [4.69, 9.17) is 5.73 Å². The second kappa shape index (κ2) is 7.07. The van der Waals surface area contributed by atoms with E-state index < -0.39 is 0 Å². The van der Waals surface area contributed by atoms with E-state index in [1.54, 1.807) is 6.07 Å². The predicted molar refractivity (Wildman–Crippen MR) is 86.0 cm³/mol. The van der Waals surface area contributed by atoms with Gasteiger partial charge in [-0.1, -0.05) is 19.3 Å². The highest BCUT2D eigenvalue weighted by Gasteiger charge is 2.29. The maximum absolute atomic E-state index is 12.7. The molecular weight excluding hydrogens is 276 g/mol. The minimum Gasteiger partial charge on any atom is -0.382 e. The Labute approximate surface area is 132 Å². The summed E-state index contributed by atoms with van der Waals surface area (Å²) in [5.74, 6) is 1.64. The van der Waals surface area contributed by atoms with E-state index in [9.17, 15) is 4.79 Å². The summed E-state index contributed by atoms with van der Waals surface area (Å²) in [5.41, 5.74) is 6.56. The Morgan fingerprint density at radius 2 is 1.95 bits per heavy atom. The normalized spacial score (nSPS) is 23.5. The number of amides is 1. The first kappa shape index (κ1) is 15.3. The Bertz CT molecular complexity index is 496. The van der Waals surface area contributed by atoms with Crippen molar-refractivity contribution in [1.82, 2.24) is 15.1 Å². The maximum atomic E-state index is 12.7. The van der Waals surface area contributed by atoms with Crippen LogP contribution in [0.3, 0.4) is 0 Å². The Morgan fingerprint density at radius 1 is 1.14 bits per heavy atom. The van der Waals surface area contributed by atoms with Crippen molar-refractivity contribution in [3.8, 4) is 0 Å². The van der Waals surface area contributed by atoms with E-state index in [0.29, 0.717) is 17.6 Å². The van der Waals surface area contributed by atoms with Crippen molar-refractivity contribution in [1.29, 1.82) is 0 Å². The molecule has 1 aliphatic heterocycles. The van der Waals surface area contributed by atoms with E-state index in [0.717, 1.165) is 44.5 Å². The molecule has 120 valence electrons. The predicted octanol–water partition coefficient (Wildman–Crippen LogP) is 2.42. The molecule has 5 nitrogen and oxygen atoms in total. The molecule has 0 bridgehead atoms. The number of piperidine rings is 1. The van der Waals surface area contributed by atoms with Crippen molar-refractivity contribution in [3.63, 3.8) is 0 Å². The highest BCUT2D eigenvalue weighted by Crippen LogP contribution is 2.28. The molecule has 1 aromatic rings. The van der Waals surface area contributed by atoms with Gasteiger partial charge in [-0.15, -0.1) is 5.10 Å². The first-order valence-electron chi connectivity index (χ1n) is 8.59.